The molecule has 1 heterocycles. The molecule has 3 aromatic rings. The fraction of sp³-hybridized carbons (Fsp3) is 0.167. The summed E-state index contributed by atoms with van der Waals surface area (Å²) in [5.41, 5.74) is 3.56. The number of pyridine rings is 1. The number of nitrogens with zero attached hydrogens (tertiary/aromatic N) is 1. The first-order chi connectivity index (χ1) is 9.79. The standard InChI is InChI=1S/C18H18N2/c1-13-10-11-20-17(12-13)18(19-2)16-9-5-7-14-6-3-4-8-15(14)16/h3-12,18-19H,1-2H3. The van der Waals surface area contributed by atoms with E-state index in [1.54, 1.807) is 0 Å². The van der Waals surface area contributed by atoms with Gasteiger partial charge in [-0.3, -0.25) is 4.98 Å². The molecule has 0 aliphatic carbocycles. The number of rotatable bonds is 3. The summed E-state index contributed by atoms with van der Waals surface area (Å²) >= 11 is 0. The number of hydrogen-bond acceptors (Lipinski definition) is 2. The second-order valence-corrected chi connectivity index (χ2v) is 5.05. The Morgan fingerprint density at radius 1 is 1.00 bits per heavy atom. The zero-order valence-electron chi connectivity index (χ0n) is 11.8. The minimum absolute atomic E-state index is 0.112. The molecule has 1 N–H and O–H groups in total. The van der Waals surface area contributed by atoms with Crippen LogP contribution in [0.15, 0.2) is 60.8 Å². The molecule has 1 atom stereocenters. The van der Waals surface area contributed by atoms with Gasteiger partial charge in [0.25, 0.3) is 0 Å². The quantitative estimate of drug-likeness (QED) is 0.775. The number of nitrogens with one attached hydrogen (secondary N) is 1. The number of aryl methyl sites for hydroxylation is 1. The van der Waals surface area contributed by atoms with Crippen LogP contribution in [0.2, 0.25) is 0 Å². The normalized spacial score (nSPS) is 12.5. The number of fused-ring (bicyclic) bond motifs is 1. The molecule has 2 aromatic carbocycles. The topological polar surface area (TPSA) is 24.9 Å². The van der Waals surface area contributed by atoms with Gasteiger partial charge in [0, 0.05) is 6.20 Å². The molecule has 0 aliphatic heterocycles. The molecule has 100 valence electrons. The van der Waals surface area contributed by atoms with Crippen molar-refractivity contribution in [1.82, 2.24) is 10.3 Å². The fourth-order valence-corrected chi connectivity index (χ4v) is 2.68. The smallest absolute Gasteiger partial charge is 0.0755 e. The molecule has 20 heavy (non-hydrogen) atoms. The lowest BCUT2D eigenvalue weighted by Gasteiger charge is -2.18. The first-order valence-electron chi connectivity index (χ1n) is 6.87. The highest BCUT2D eigenvalue weighted by molar-refractivity contribution is 5.86. The average molecular weight is 262 g/mol. The molecule has 0 radical (unpaired) electrons. The highest BCUT2D eigenvalue weighted by Gasteiger charge is 2.15. The Bertz CT molecular complexity index is 729. The van der Waals surface area contributed by atoms with E-state index in [0.717, 1.165) is 5.69 Å². The maximum Gasteiger partial charge on any atom is 0.0755 e. The van der Waals surface area contributed by atoms with E-state index in [0.29, 0.717) is 0 Å². The molecule has 0 saturated carbocycles. The second-order valence-electron chi connectivity index (χ2n) is 5.05. The van der Waals surface area contributed by atoms with E-state index in [4.69, 9.17) is 0 Å². The van der Waals surface area contributed by atoms with Gasteiger partial charge in [0.1, 0.15) is 0 Å². The molecule has 0 bridgehead atoms. The van der Waals surface area contributed by atoms with Gasteiger partial charge in [0.2, 0.25) is 0 Å². The van der Waals surface area contributed by atoms with Crippen molar-refractivity contribution < 1.29 is 0 Å². The van der Waals surface area contributed by atoms with Gasteiger partial charge in [-0.25, -0.2) is 0 Å². The minimum atomic E-state index is 0.112. The summed E-state index contributed by atoms with van der Waals surface area (Å²) in [6.45, 7) is 2.10. The molecule has 2 nitrogen and oxygen atoms in total. The van der Waals surface area contributed by atoms with E-state index >= 15 is 0 Å². The first kappa shape index (κ1) is 12.8. The molecule has 0 spiro atoms. The molecule has 0 fully saturated rings. The summed E-state index contributed by atoms with van der Waals surface area (Å²) < 4.78 is 0. The van der Waals surface area contributed by atoms with Gasteiger partial charge < -0.3 is 5.32 Å². The third-order valence-electron chi connectivity index (χ3n) is 3.66. The minimum Gasteiger partial charge on any atom is -0.308 e. The van der Waals surface area contributed by atoms with Crippen LogP contribution in [0.5, 0.6) is 0 Å². The lowest BCUT2D eigenvalue weighted by atomic mass is 9.96. The lowest BCUT2D eigenvalue weighted by Crippen LogP contribution is -2.19. The zero-order valence-corrected chi connectivity index (χ0v) is 11.8. The van der Waals surface area contributed by atoms with Gasteiger partial charge in [-0.05, 0) is 48.0 Å². The van der Waals surface area contributed by atoms with Crippen molar-refractivity contribution in [3.63, 3.8) is 0 Å². The van der Waals surface area contributed by atoms with Gasteiger partial charge in [-0.1, -0.05) is 42.5 Å². The van der Waals surface area contributed by atoms with Crippen LogP contribution >= 0.6 is 0 Å². The Balaban J connectivity index is 2.17. The summed E-state index contributed by atoms with van der Waals surface area (Å²) in [5.74, 6) is 0. The van der Waals surface area contributed by atoms with Crippen LogP contribution in [0.3, 0.4) is 0 Å². The van der Waals surface area contributed by atoms with Crippen LogP contribution in [0.4, 0.5) is 0 Å². The van der Waals surface area contributed by atoms with Gasteiger partial charge in [0.05, 0.1) is 11.7 Å². The highest BCUT2D eigenvalue weighted by Crippen LogP contribution is 2.28. The van der Waals surface area contributed by atoms with E-state index in [-0.39, 0.29) is 6.04 Å². The number of hydrogen-bond donors (Lipinski definition) is 1. The molecule has 2 heteroatoms. The van der Waals surface area contributed by atoms with Gasteiger partial charge in [-0.2, -0.15) is 0 Å². The van der Waals surface area contributed by atoms with Crippen molar-refractivity contribution >= 4 is 10.8 Å². The average Bonchev–Trinajstić information content (AvgIpc) is 2.48. The molecular weight excluding hydrogens is 244 g/mol. The number of aromatic nitrogens is 1. The molecule has 0 saturated heterocycles. The summed E-state index contributed by atoms with van der Waals surface area (Å²) in [6.07, 6.45) is 1.88. The molecule has 1 unspecified atom stereocenters. The second kappa shape index (κ2) is 5.43. The van der Waals surface area contributed by atoms with E-state index in [1.165, 1.54) is 21.9 Å². The molecular formula is C18H18N2. The lowest BCUT2D eigenvalue weighted by molar-refractivity contribution is 0.675. The predicted molar refractivity (Wildman–Crippen MR) is 83.8 cm³/mol. The van der Waals surface area contributed by atoms with Crippen LogP contribution in [0, 0.1) is 6.92 Å². The van der Waals surface area contributed by atoms with Crippen molar-refractivity contribution in [3.05, 3.63) is 77.6 Å². The van der Waals surface area contributed by atoms with Crippen molar-refractivity contribution in [2.45, 2.75) is 13.0 Å². The first-order valence-corrected chi connectivity index (χ1v) is 6.87. The Hall–Kier alpha value is -2.19. The summed E-state index contributed by atoms with van der Waals surface area (Å²) in [5, 5.41) is 5.93. The third-order valence-corrected chi connectivity index (χ3v) is 3.66. The molecule has 1 aromatic heterocycles. The van der Waals surface area contributed by atoms with Crippen LogP contribution in [-0.4, -0.2) is 12.0 Å². The van der Waals surface area contributed by atoms with Crippen molar-refractivity contribution in [2.75, 3.05) is 7.05 Å². The van der Waals surface area contributed by atoms with Gasteiger partial charge in [-0.15, -0.1) is 0 Å². The monoisotopic (exact) mass is 262 g/mol. The van der Waals surface area contributed by atoms with Crippen molar-refractivity contribution in [1.29, 1.82) is 0 Å². The zero-order chi connectivity index (χ0) is 13.9. The summed E-state index contributed by atoms with van der Waals surface area (Å²) in [7, 11) is 1.98. The van der Waals surface area contributed by atoms with Crippen LogP contribution < -0.4 is 5.32 Å². The Kier molecular flexibility index (Phi) is 3.48. The maximum atomic E-state index is 4.53. The largest absolute Gasteiger partial charge is 0.308 e. The molecule has 3 rings (SSSR count). The Morgan fingerprint density at radius 3 is 2.60 bits per heavy atom. The SMILES string of the molecule is CNC(c1cc(C)ccn1)c1cccc2ccccc12. The fourth-order valence-electron chi connectivity index (χ4n) is 2.68. The summed E-state index contributed by atoms with van der Waals surface area (Å²) in [4.78, 5) is 4.53. The van der Waals surface area contributed by atoms with Crippen LogP contribution in [-0.2, 0) is 0 Å². The predicted octanol–water partition coefficient (Wildman–Crippen LogP) is 3.85. The van der Waals surface area contributed by atoms with Crippen LogP contribution in [0.25, 0.3) is 10.8 Å². The van der Waals surface area contributed by atoms with E-state index in [2.05, 4.69) is 65.8 Å². The van der Waals surface area contributed by atoms with Gasteiger partial charge >= 0.3 is 0 Å². The number of benzene rings is 2. The van der Waals surface area contributed by atoms with Crippen molar-refractivity contribution in [3.8, 4) is 0 Å². The molecule has 0 aliphatic rings. The van der Waals surface area contributed by atoms with E-state index < -0.39 is 0 Å². The van der Waals surface area contributed by atoms with Crippen molar-refractivity contribution in [2.24, 2.45) is 0 Å². The Morgan fingerprint density at radius 2 is 1.80 bits per heavy atom. The Labute approximate surface area is 119 Å². The maximum absolute atomic E-state index is 4.53. The third kappa shape index (κ3) is 2.30. The highest BCUT2D eigenvalue weighted by atomic mass is 14.9. The van der Waals surface area contributed by atoms with E-state index in [9.17, 15) is 0 Å². The van der Waals surface area contributed by atoms with Gasteiger partial charge in [0.15, 0.2) is 0 Å². The summed E-state index contributed by atoms with van der Waals surface area (Å²) in [6, 6.07) is 19.2. The molecule has 0 amide bonds. The van der Waals surface area contributed by atoms with Crippen LogP contribution in [0.1, 0.15) is 22.9 Å². The van der Waals surface area contributed by atoms with E-state index in [1.807, 2.05) is 19.3 Å².